The molecule has 0 bridgehead atoms. The van der Waals surface area contributed by atoms with E-state index < -0.39 is 10.0 Å². The van der Waals surface area contributed by atoms with Gasteiger partial charge in [0.25, 0.3) is 0 Å². The molecule has 0 saturated carbocycles. The summed E-state index contributed by atoms with van der Waals surface area (Å²) in [6.45, 7) is 2.64. The summed E-state index contributed by atoms with van der Waals surface area (Å²) in [4.78, 5) is 12.7. The van der Waals surface area contributed by atoms with Crippen molar-refractivity contribution >= 4 is 27.5 Å². The third-order valence-electron chi connectivity index (χ3n) is 5.45. The number of halogens is 1. The molecule has 0 radical (unpaired) electrons. The Bertz CT molecular complexity index is 954. The van der Waals surface area contributed by atoms with E-state index in [4.69, 9.17) is 16.3 Å². The van der Waals surface area contributed by atoms with Gasteiger partial charge in [0, 0.05) is 24.0 Å². The quantitative estimate of drug-likeness (QED) is 0.696. The summed E-state index contributed by atoms with van der Waals surface area (Å²) in [6, 6.07) is 14.3. The van der Waals surface area contributed by atoms with E-state index >= 15 is 0 Å². The van der Waals surface area contributed by atoms with Crippen molar-refractivity contribution in [2.45, 2.75) is 31.6 Å². The minimum absolute atomic E-state index is 0.0342. The Morgan fingerprint density at radius 3 is 2.30 bits per heavy atom. The molecule has 6 nitrogen and oxygen atoms in total. The standard InChI is InChI=1S/C22H27ClN2O4S/c1-16(18-5-9-21(29-2)10-6-18)24-22(26)19-11-13-25(14-12-19)30(27,28)15-17-3-7-20(23)8-4-17/h3-10,16,19H,11-15H2,1-2H3,(H,24,26)/t16-/m0/s1. The zero-order valence-corrected chi connectivity index (χ0v) is 18.7. The molecule has 1 heterocycles. The van der Waals surface area contributed by atoms with Crippen molar-refractivity contribution in [1.29, 1.82) is 0 Å². The predicted molar refractivity (Wildman–Crippen MR) is 118 cm³/mol. The number of ether oxygens (including phenoxy) is 1. The van der Waals surface area contributed by atoms with Crippen molar-refractivity contribution in [3.05, 3.63) is 64.7 Å². The Balaban J connectivity index is 1.52. The van der Waals surface area contributed by atoms with Gasteiger partial charge in [-0.3, -0.25) is 4.79 Å². The molecular formula is C22H27ClN2O4S. The van der Waals surface area contributed by atoms with Crippen LogP contribution in [0.25, 0.3) is 0 Å². The number of rotatable bonds is 7. The fourth-order valence-corrected chi connectivity index (χ4v) is 5.28. The molecule has 1 aliphatic heterocycles. The second kappa shape index (κ2) is 9.81. The average Bonchev–Trinajstić information content (AvgIpc) is 2.75. The molecule has 0 aliphatic carbocycles. The Morgan fingerprint density at radius 1 is 1.13 bits per heavy atom. The first-order valence-corrected chi connectivity index (χ1v) is 11.9. The van der Waals surface area contributed by atoms with Crippen molar-refractivity contribution < 1.29 is 17.9 Å². The highest BCUT2D eigenvalue weighted by Gasteiger charge is 2.31. The number of amides is 1. The Kier molecular flexibility index (Phi) is 7.39. The molecule has 1 aliphatic rings. The van der Waals surface area contributed by atoms with E-state index in [9.17, 15) is 13.2 Å². The van der Waals surface area contributed by atoms with Gasteiger partial charge in [-0.2, -0.15) is 0 Å². The topological polar surface area (TPSA) is 75.7 Å². The summed E-state index contributed by atoms with van der Waals surface area (Å²) in [7, 11) is -1.81. The highest BCUT2D eigenvalue weighted by molar-refractivity contribution is 7.88. The lowest BCUT2D eigenvalue weighted by molar-refractivity contribution is -0.126. The maximum Gasteiger partial charge on any atom is 0.223 e. The fourth-order valence-electron chi connectivity index (χ4n) is 3.59. The van der Waals surface area contributed by atoms with E-state index in [2.05, 4.69) is 5.32 Å². The smallest absolute Gasteiger partial charge is 0.223 e. The van der Waals surface area contributed by atoms with E-state index in [-0.39, 0.29) is 23.6 Å². The molecule has 162 valence electrons. The molecule has 1 N–H and O–H groups in total. The predicted octanol–water partition coefficient (Wildman–Crippen LogP) is 3.77. The first-order valence-electron chi connectivity index (χ1n) is 9.95. The molecule has 30 heavy (non-hydrogen) atoms. The highest BCUT2D eigenvalue weighted by atomic mass is 35.5. The van der Waals surface area contributed by atoms with Gasteiger partial charge in [0.05, 0.1) is 18.9 Å². The summed E-state index contributed by atoms with van der Waals surface area (Å²) in [5.41, 5.74) is 1.69. The van der Waals surface area contributed by atoms with Gasteiger partial charge < -0.3 is 10.1 Å². The number of nitrogens with one attached hydrogen (secondary N) is 1. The molecule has 2 aromatic rings. The van der Waals surface area contributed by atoms with E-state index in [1.807, 2.05) is 31.2 Å². The molecule has 8 heteroatoms. The van der Waals surface area contributed by atoms with Crippen molar-refractivity contribution in [2.24, 2.45) is 5.92 Å². The average molecular weight is 451 g/mol. The molecule has 2 aromatic carbocycles. The number of piperidine rings is 1. The normalized spacial score (nSPS) is 16.8. The van der Waals surface area contributed by atoms with Gasteiger partial charge in [-0.15, -0.1) is 0 Å². The van der Waals surface area contributed by atoms with Crippen molar-refractivity contribution in [2.75, 3.05) is 20.2 Å². The summed E-state index contributed by atoms with van der Waals surface area (Å²) >= 11 is 5.86. The number of benzene rings is 2. The molecule has 1 fully saturated rings. The van der Waals surface area contributed by atoms with Crippen LogP contribution < -0.4 is 10.1 Å². The molecule has 1 saturated heterocycles. The number of hydrogen-bond donors (Lipinski definition) is 1. The summed E-state index contributed by atoms with van der Waals surface area (Å²) < 4.78 is 32.1. The van der Waals surface area contributed by atoms with Gasteiger partial charge in [-0.05, 0) is 55.2 Å². The monoisotopic (exact) mass is 450 g/mol. The maximum atomic E-state index is 12.7. The van der Waals surface area contributed by atoms with Crippen LogP contribution in [0.1, 0.15) is 36.9 Å². The Hall–Kier alpha value is -2.09. The van der Waals surface area contributed by atoms with E-state index in [0.717, 1.165) is 11.3 Å². The van der Waals surface area contributed by atoms with Gasteiger partial charge in [0.15, 0.2) is 0 Å². The minimum Gasteiger partial charge on any atom is -0.497 e. The minimum atomic E-state index is -3.42. The van der Waals surface area contributed by atoms with Gasteiger partial charge in [0.2, 0.25) is 15.9 Å². The molecule has 1 amide bonds. The largest absolute Gasteiger partial charge is 0.497 e. The zero-order valence-electron chi connectivity index (χ0n) is 17.2. The summed E-state index contributed by atoms with van der Waals surface area (Å²) in [5, 5.41) is 3.62. The molecule has 0 unspecified atom stereocenters. The Labute approximate surface area is 183 Å². The number of sulfonamides is 1. The van der Waals surface area contributed by atoms with Crippen molar-refractivity contribution in [3.63, 3.8) is 0 Å². The fraction of sp³-hybridized carbons (Fsp3) is 0.409. The van der Waals surface area contributed by atoms with Crippen LogP contribution in [-0.4, -0.2) is 38.8 Å². The lowest BCUT2D eigenvalue weighted by atomic mass is 9.96. The number of methoxy groups -OCH3 is 1. The number of carbonyl (C=O) groups excluding carboxylic acids is 1. The SMILES string of the molecule is COc1ccc([C@H](C)NC(=O)C2CCN(S(=O)(=O)Cc3ccc(Cl)cc3)CC2)cc1. The lowest BCUT2D eigenvalue weighted by Gasteiger charge is -2.31. The second-order valence-electron chi connectivity index (χ2n) is 7.56. The van der Waals surface area contributed by atoms with Crippen LogP contribution in [0.3, 0.4) is 0 Å². The Morgan fingerprint density at radius 2 is 1.73 bits per heavy atom. The van der Waals surface area contributed by atoms with Crippen LogP contribution in [0.4, 0.5) is 0 Å². The molecule has 3 rings (SSSR count). The van der Waals surface area contributed by atoms with Gasteiger partial charge >= 0.3 is 0 Å². The zero-order chi connectivity index (χ0) is 21.7. The van der Waals surface area contributed by atoms with E-state index in [1.165, 1.54) is 4.31 Å². The number of hydrogen-bond acceptors (Lipinski definition) is 4. The highest BCUT2D eigenvalue weighted by Crippen LogP contribution is 2.24. The van der Waals surface area contributed by atoms with Gasteiger partial charge in [0.1, 0.15) is 5.75 Å². The molecule has 0 aromatic heterocycles. The van der Waals surface area contributed by atoms with Crippen molar-refractivity contribution in [1.82, 2.24) is 9.62 Å². The van der Waals surface area contributed by atoms with Gasteiger partial charge in [-0.1, -0.05) is 35.9 Å². The van der Waals surface area contributed by atoms with Crippen molar-refractivity contribution in [3.8, 4) is 5.75 Å². The lowest BCUT2D eigenvalue weighted by Crippen LogP contribution is -2.43. The van der Waals surface area contributed by atoms with Crippen LogP contribution in [0, 0.1) is 5.92 Å². The number of carbonyl (C=O) groups is 1. The third kappa shape index (κ3) is 5.74. The van der Waals surface area contributed by atoms with E-state index in [0.29, 0.717) is 36.5 Å². The van der Waals surface area contributed by atoms with Crippen LogP contribution in [0.5, 0.6) is 5.75 Å². The first kappa shape index (κ1) is 22.6. The van der Waals surface area contributed by atoms with Crippen LogP contribution in [0.15, 0.2) is 48.5 Å². The summed E-state index contributed by atoms with van der Waals surface area (Å²) in [6.07, 6.45) is 1.03. The maximum absolute atomic E-state index is 12.7. The van der Waals surface area contributed by atoms with Crippen LogP contribution >= 0.6 is 11.6 Å². The number of nitrogens with zero attached hydrogens (tertiary/aromatic N) is 1. The van der Waals surface area contributed by atoms with Crippen LogP contribution in [-0.2, 0) is 20.6 Å². The van der Waals surface area contributed by atoms with E-state index in [1.54, 1.807) is 31.4 Å². The third-order valence-corrected chi connectivity index (χ3v) is 7.56. The molecular weight excluding hydrogens is 424 g/mol. The van der Waals surface area contributed by atoms with Crippen LogP contribution in [0.2, 0.25) is 5.02 Å². The first-order chi connectivity index (χ1) is 14.3. The van der Waals surface area contributed by atoms with Gasteiger partial charge in [-0.25, -0.2) is 12.7 Å². The molecule has 1 atom stereocenters. The summed E-state index contributed by atoms with van der Waals surface area (Å²) in [5.74, 6) is 0.487. The molecule has 0 spiro atoms. The second-order valence-corrected chi connectivity index (χ2v) is 9.96.